The molecule has 3 aromatic carbocycles. The molecule has 0 aliphatic heterocycles. The van der Waals surface area contributed by atoms with Gasteiger partial charge in [-0.05, 0) is 72.7 Å². The summed E-state index contributed by atoms with van der Waals surface area (Å²) in [7, 11) is 1.67. The first-order valence-corrected chi connectivity index (χ1v) is 11.8. The zero-order valence-electron chi connectivity index (χ0n) is 19.6. The highest BCUT2D eigenvalue weighted by Gasteiger charge is 2.23. The molecule has 0 saturated heterocycles. The van der Waals surface area contributed by atoms with Crippen molar-refractivity contribution in [1.82, 2.24) is 9.97 Å². The van der Waals surface area contributed by atoms with Crippen molar-refractivity contribution in [3.63, 3.8) is 0 Å². The van der Waals surface area contributed by atoms with Gasteiger partial charge in [-0.15, -0.1) is 0 Å². The number of nitrogens with zero attached hydrogens (tertiary/aromatic N) is 2. The Kier molecular flexibility index (Phi) is 6.44. The second kappa shape index (κ2) is 9.97. The number of anilines is 1. The molecule has 1 heterocycles. The van der Waals surface area contributed by atoms with Crippen LogP contribution in [0.3, 0.4) is 0 Å². The molecule has 6 nitrogen and oxygen atoms in total. The van der Waals surface area contributed by atoms with Crippen molar-refractivity contribution < 1.29 is 14.6 Å². The lowest BCUT2D eigenvalue weighted by atomic mass is 9.91. The first-order valence-electron chi connectivity index (χ1n) is 11.8. The third kappa shape index (κ3) is 5.17. The number of fused-ring (bicyclic) bond motifs is 3. The maximum Gasteiger partial charge on any atom is 0.229 e. The smallest absolute Gasteiger partial charge is 0.229 e. The zero-order chi connectivity index (χ0) is 24.2. The molecule has 1 aliphatic carbocycles. The Labute approximate surface area is 204 Å². The standard InChI is InChI=1S/C29H27N3O3/c1-35-23-13-14-24-21(18-23)10-16-25-28(24)30-26(15-9-19-5-3-2-4-6-19)29(31-25)32-27(34)17-20-7-11-22(33)12-8-20/h2-8,11-14,18,33H,9-10,15-17H2,1H3,(H,31,32,34). The molecule has 2 N–H and O–H groups in total. The molecule has 4 aromatic rings. The topological polar surface area (TPSA) is 84.3 Å². The maximum atomic E-state index is 12.9. The Morgan fingerprint density at radius 2 is 1.74 bits per heavy atom. The predicted octanol–water partition coefficient (Wildman–Crippen LogP) is 4.92. The largest absolute Gasteiger partial charge is 0.508 e. The summed E-state index contributed by atoms with van der Waals surface area (Å²) in [6.07, 6.45) is 3.25. The number of carbonyl (C=O) groups is 1. The van der Waals surface area contributed by atoms with E-state index in [1.165, 1.54) is 11.1 Å². The molecule has 1 amide bonds. The summed E-state index contributed by atoms with van der Waals surface area (Å²) in [4.78, 5) is 22.8. The number of hydrogen-bond donors (Lipinski definition) is 2. The van der Waals surface area contributed by atoms with Crippen LogP contribution in [0.5, 0.6) is 11.5 Å². The van der Waals surface area contributed by atoms with Crippen LogP contribution in [0.1, 0.15) is 28.1 Å². The van der Waals surface area contributed by atoms with Crippen LogP contribution in [0, 0.1) is 0 Å². The van der Waals surface area contributed by atoms with E-state index in [4.69, 9.17) is 14.7 Å². The van der Waals surface area contributed by atoms with Crippen LogP contribution in [0.2, 0.25) is 0 Å². The lowest BCUT2D eigenvalue weighted by molar-refractivity contribution is -0.115. The number of hydrogen-bond acceptors (Lipinski definition) is 5. The number of aromatic nitrogens is 2. The molecule has 0 fully saturated rings. The van der Waals surface area contributed by atoms with E-state index in [0.717, 1.165) is 53.2 Å². The van der Waals surface area contributed by atoms with Gasteiger partial charge < -0.3 is 15.2 Å². The molecule has 5 rings (SSSR count). The number of benzene rings is 3. The van der Waals surface area contributed by atoms with E-state index in [1.54, 1.807) is 31.4 Å². The van der Waals surface area contributed by atoms with Crippen molar-refractivity contribution in [2.75, 3.05) is 12.4 Å². The minimum Gasteiger partial charge on any atom is -0.508 e. The van der Waals surface area contributed by atoms with Gasteiger partial charge in [0.1, 0.15) is 11.5 Å². The fourth-order valence-electron chi connectivity index (χ4n) is 4.44. The molecule has 0 spiro atoms. The summed E-state index contributed by atoms with van der Waals surface area (Å²) in [5.41, 5.74) is 6.85. The average Bonchev–Trinajstić information content (AvgIpc) is 2.89. The summed E-state index contributed by atoms with van der Waals surface area (Å²) in [6.45, 7) is 0. The Morgan fingerprint density at radius 3 is 2.51 bits per heavy atom. The van der Waals surface area contributed by atoms with Crippen LogP contribution < -0.4 is 10.1 Å². The van der Waals surface area contributed by atoms with Crippen molar-refractivity contribution in [2.45, 2.75) is 32.1 Å². The van der Waals surface area contributed by atoms with Crippen LogP contribution >= 0.6 is 0 Å². The predicted molar refractivity (Wildman–Crippen MR) is 136 cm³/mol. The first-order chi connectivity index (χ1) is 17.1. The van der Waals surface area contributed by atoms with E-state index in [9.17, 15) is 9.90 Å². The van der Waals surface area contributed by atoms with Crippen molar-refractivity contribution in [3.05, 3.63) is 101 Å². The zero-order valence-corrected chi connectivity index (χ0v) is 19.6. The van der Waals surface area contributed by atoms with E-state index in [1.807, 2.05) is 30.3 Å². The summed E-state index contributed by atoms with van der Waals surface area (Å²) in [5.74, 6) is 1.38. The quantitative estimate of drug-likeness (QED) is 0.405. The highest BCUT2D eigenvalue weighted by Crippen LogP contribution is 2.35. The average molecular weight is 466 g/mol. The molecule has 0 atom stereocenters. The molecule has 0 saturated carbocycles. The van der Waals surface area contributed by atoms with Gasteiger partial charge in [0.2, 0.25) is 5.91 Å². The molecule has 0 unspecified atom stereocenters. The number of phenols is 1. The molecule has 0 radical (unpaired) electrons. The molecular formula is C29H27N3O3. The highest BCUT2D eigenvalue weighted by molar-refractivity contribution is 5.92. The normalized spacial score (nSPS) is 11.9. The van der Waals surface area contributed by atoms with Gasteiger partial charge >= 0.3 is 0 Å². The van der Waals surface area contributed by atoms with Crippen molar-refractivity contribution in [1.29, 1.82) is 0 Å². The van der Waals surface area contributed by atoms with Crippen LogP contribution in [0.25, 0.3) is 11.3 Å². The lowest BCUT2D eigenvalue weighted by Gasteiger charge is -2.21. The Morgan fingerprint density at radius 1 is 0.943 bits per heavy atom. The number of aromatic hydroxyl groups is 1. The number of methoxy groups -OCH3 is 1. The van der Waals surface area contributed by atoms with Crippen LogP contribution in [0.15, 0.2) is 72.8 Å². The number of nitrogens with one attached hydrogen (secondary N) is 1. The monoisotopic (exact) mass is 465 g/mol. The Hall–Kier alpha value is -4.19. The van der Waals surface area contributed by atoms with E-state index in [0.29, 0.717) is 12.2 Å². The fraction of sp³-hybridized carbons (Fsp3) is 0.207. The van der Waals surface area contributed by atoms with Crippen LogP contribution in [-0.4, -0.2) is 28.1 Å². The van der Waals surface area contributed by atoms with E-state index in [-0.39, 0.29) is 18.1 Å². The van der Waals surface area contributed by atoms with E-state index < -0.39 is 0 Å². The summed E-state index contributed by atoms with van der Waals surface area (Å²) >= 11 is 0. The molecule has 0 bridgehead atoms. The third-order valence-corrected chi connectivity index (χ3v) is 6.29. The number of aryl methyl sites for hydroxylation is 4. The molecule has 1 aliphatic rings. The van der Waals surface area contributed by atoms with Gasteiger partial charge in [0.05, 0.1) is 30.6 Å². The van der Waals surface area contributed by atoms with Gasteiger partial charge in [-0.3, -0.25) is 4.79 Å². The molecule has 176 valence electrons. The van der Waals surface area contributed by atoms with Crippen molar-refractivity contribution in [3.8, 4) is 22.8 Å². The minimum absolute atomic E-state index is 0.160. The molecule has 1 aromatic heterocycles. The second-order valence-corrected chi connectivity index (χ2v) is 8.71. The highest BCUT2D eigenvalue weighted by atomic mass is 16.5. The van der Waals surface area contributed by atoms with E-state index in [2.05, 4.69) is 23.5 Å². The summed E-state index contributed by atoms with van der Waals surface area (Å²) in [6, 6.07) is 23.0. The summed E-state index contributed by atoms with van der Waals surface area (Å²) in [5, 5.41) is 12.5. The van der Waals surface area contributed by atoms with Crippen LogP contribution in [-0.2, 0) is 36.9 Å². The lowest BCUT2D eigenvalue weighted by Crippen LogP contribution is -2.20. The number of carbonyl (C=O) groups excluding carboxylic acids is 1. The van der Waals surface area contributed by atoms with E-state index >= 15 is 0 Å². The van der Waals surface area contributed by atoms with Gasteiger partial charge in [-0.2, -0.15) is 0 Å². The summed E-state index contributed by atoms with van der Waals surface area (Å²) < 4.78 is 5.40. The van der Waals surface area contributed by atoms with Crippen LogP contribution in [0.4, 0.5) is 5.82 Å². The SMILES string of the molecule is COc1ccc2c(c1)CCc1nc(NC(=O)Cc3ccc(O)cc3)c(CCc3ccccc3)nc1-2. The number of phenolic OH excluding ortho intramolecular Hbond substituents is 1. The van der Waals surface area contributed by atoms with Gasteiger partial charge in [0.15, 0.2) is 5.82 Å². The van der Waals surface area contributed by atoms with Gasteiger partial charge in [-0.25, -0.2) is 9.97 Å². The van der Waals surface area contributed by atoms with Gasteiger partial charge in [-0.1, -0.05) is 42.5 Å². The number of ether oxygens (including phenoxy) is 1. The maximum absolute atomic E-state index is 12.9. The third-order valence-electron chi connectivity index (χ3n) is 6.29. The molecule has 35 heavy (non-hydrogen) atoms. The minimum atomic E-state index is -0.160. The van der Waals surface area contributed by atoms with Gasteiger partial charge in [0, 0.05) is 5.56 Å². The number of amides is 1. The molecule has 6 heteroatoms. The van der Waals surface area contributed by atoms with Crippen molar-refractivity contribution >= 4 is 11.7 Å². The molecular weight excluding hydrogens is 438 g/mol. The Bertz CT molecular complexity index is 1350. The first kappa shape index (κ1) is 22.6. The van der Waals surface area contributed by atoms with Gasteiger partial charge in [0.25, 0.3) is 0 Å². The van der Waals surface area contributed by atoms with Crippen molar-refractivity contribution in [2.24, 2.45) is 0 Å². The fourth-order valence-corrected chi connectivity index (χ4v) is 4.44. The number of rotatable bonds is 7. The second-order valence-electron chi connectivity index (χ2n) is 8.71. The Balaban J connectivity index is 1.46.